The monoisotopic (exact) mass is 407 g/mol. The number of benzene rings is 1. The van der Waals surface area contributed by atoms with Crippen LogP contribution in [0, 0.1) is 5.92 Å². The van der Waals surface area contributed by atoms with Gasteiger partial charge in [0.25, 0.3) is 0 Å². The van der Waals surface area contributed by atoms with Crippen LogP contribution in [0.5, 0.6) is 0 Å². The van der Waals surface area contributed by atoms with Crippen LogP contribution >= 0.6 is 0 Å². The Balaban J connectivity index is 1.63. The number of carbonyl (C=O) groups is 2. The number of rotatable bonds is 5. The van der Waals surface area contributed by atoms with Crippen molar-refractivity contribution < 1.29 is 18.0 Å². The van der Waals surface area contributed by atoms with Crippen molar-refractivity contribution in [1.29, 1.82) is 0 Å². The molecule has 28 heavy (non-hydrogen) atoms. The number of hydrogen-bond donors (Lipinski definition) is 2. The first-order valence-corrected chi connectivity index (χ1v) is 11.5. The van der Waals surface area contributed by atoms with Gasteiger partial charge in [-0.25, -0.2) is 8.42 Å². The van der Waals surface area contributed by atoms with Gasteiger partial charge in [-0.3, -0.25) is 9.59 Å². The Labute approximate surface area is 166 Å². The molecule has 0 radical (unpaired) electrons. The molecule has 2 amide bonds. The Morgan fingerprint density at radius 3 is 2.32 bits per heavy atom. The second kappa shape index (κ2) is 9.05. The first-order valence-electron chi connectivity index (χ1n) is 10.0. The van der Waals surface area contributed by atoms with Crippen LogP contribution in [0.3, 0.4) is 0 Å². The van der Waals surface area contributed by atoms with Crippen LogP contribution in [0.2, 0.25) is 0 Å². The van der Waals surface area contributed by atoms with E-state index in [1.165, 1.54) is 29.8 Å². The molecule has 2 aliphatic rings. The molecular weight excluding hydrogens is 378 g/mol. The maximum atomic E-state index is 13.0. The van der Waals surface area contributed by atoms with Crippen LogP contribution < -0.4 is 10.6 Å². The Morgan fingerprint density at radius 2 is 1.68 bits per heavy atom. The SMILES string of the molecule is CC(=O)Nc1ccc(S(=O)(=O)N2CCCC(NC(=O)C3CCCCC3)C2)cc1. The normalized spacial score (nSPS) is 21.8. The predicted molar refractivity (Wildman–Crippen MR) is 107 cm³/mol. The van der Waals surface area contributed by atoms with E-state index in [-0.39, 0.29) is 28.7 Å². The van der Waals surface area contributed by atoms with Crippen LogP contribution in [0.1, 0.15) is 51.9 Å². The largest absolute Gasteiger partial charge is 0.352 e. The Morgan fingerprint density at radius 1 is 1.00 bits per heavy atom. The van der Waals surface area contributed by atoms with Crippen molar-refractivity contribution in [2.75, 3.05) is 18.4 Å². The standard InChI is InChI=1S/C20H29N3O4S/c1-15(24)21-17-9-11-19(12-10-17)28(26,27)23-13-5-8-18(14-23)22-20(25)16-6-3-2-4-7-16/h9-12,16,18H,2-8,13-14H2,1H3,(H,21,24)(H,22,25). The zero-order valence-electron chi connectivity index (χ0n) is 16.3. The second-order valence-electron chi connectivity index (χ2n) is 7.75. The number of nitrogens with one attached hydrogen (secondary N) is 2. The summed E-state index contributed by atoms with van der Waals surface area (Å²) in [5.41, 5.74) is 0.558. The van der Waals surface area contributed by atoms with Crippen molar-refractivity contribution in [2.24, 2.45) is 5.92 Å². The molecule has 0 aromatic heterocycles. The summed E-state index contributed by atoms with van der Waals surface area (Å²) in [6.07, 6.45) is 6.77. The zero-order chi connectivity index (χ0) is 20.1. The van der Waals surface area contributed by atoms with E-state index in [9.17, 15) is 18.0 Å². The Hall–Kier alpha value is -1.93. The van der Waals surface area contributed by atoms with Crippen LogP contribution in [-0.2, 0) is 19.6 Å². The quantitative estimate of drug-likeness (QED) is 0.784. The molecule has 1 saturated heterocycles. The number of amides is 2. The summed E-state index contributed by atoms with van der Waals surface area (Å²) in [5.74, 6) is -0.0613. The average molecular weight is 408 g/mol. The van der Waals surface area contributed by atoms with Gasteiger partial charge in [0.2, 0.25) is 21.8 Å². The summed E-state index contributed by atoms with van der Waals surface area (Å²) < 4.78 is 27.4. The molecule has 154 valence electrons. The highest BCUT2D eigenvalue weighted by Crippen LogP contribution is 2.25. The Bertz CT molecular complexity index is 801. The van der Waals surface area contributed by atoms with Gasteiger partial charge in [-0.1, -0.05) is 19.3 Å². The lowest BCUT2D eigenvalue weighted by Crippen LogP contribution is -2.50. The summed E-state index contributed by atoms with van der Waals surface area (Å²) >= 11 is 0. The van der Waals surface area contributed by atoms with Crippen molar-refractivity contribution in [3.8, 4) is 0 Å². The summed E-state index contributed by atoms with van der Waals surface area (Å²) in [5, 5.41) is 5.71. The maximum absolute atomic E-state index is 13.0. The Kier molecular flexibility index (Phi) is 6.72. The molecule has 0 spiro atoms. The lowest BCUT2D eigenvalue weighted by Gasteiger charge is -2.33. The van der Waals surface area contributed by atoms with Crippen molar-refractivity contribution in [3.63, 3.8) is 0 Å². The van der Waals surface area contributed by atoms with Crippen LogP contribution in [0.15, 0.2) is 29.2 Å². The number of piperidine rings is 1. The van der Waals surface area contributed by atoms with Gasteiger partial charge in [-0.15, -0.1) is 0 Å². The van der Waals surface area contributed by atoms with E-state index in [1.54, 1.807) is 12.1 Å². The van der Waals surface area contributed by atoms with E-state index in [0.29, 0.717) is 18.8 Å². The molecular formula is C20H29N3O4S. The van der Waals surface area contributed by atoms with Crippen LogP contribution in [0.25, 0.3) is 0 Å². The summed E-state index contributed by atoms with van der Waals surface area (Å²) in [6, 6.07) is 6.04. The van der Waals surface area contributed by atoms with E-state index in [0.717, 1.165) is 38.5 Å². The minimum atomic E-state index is -3.63. The number of anilines is 1. The number of sulfonamides is 1. The molecule has 1 unspecified atom stereocenters. The lowest BCUT2D eigenvalue weighted by atomic mass is 9.88. The van der Waals surface area contributed by atoms with Crippen LogP contribution in [-0.4, -0.2) is 43.7 Å². The third-order valence-electron chi connectivity index (χ3n) is 5.52. The van der Waals surface area contributed by atoms with Gasteiger partial charge in [-0.05, 0) is 49.9 Å². The van der Waals surface area contributed by atoms with E-state index in [2.05, 4.69) is 10.6 Å². The highest BCUT2D eigenvalue weighted by atomic mass is 32.2. The fourth-order valence-electron chi connectivity index (χ4n) is 4.02. The van der Waals surface area contributed by atoms with Crippen molar-refractivity contribution >= 4 is 27.5 Å². The summed E-state index contributed by atoms with van der Waals surface area (Å²) in [6.45, 7) is 2.15. The molecule has 2 fully saturated rings. The van der Waals surface area contributed by atoms with Crippen molar-refractivity contribution in [3.05, 3.63) is 24.3 Å². The minimum Gasteiger partial charge on any atom is -0.352 e. The first-order chi connectivity index (χ1) is 13.4. The molecule has 1 aliphatic heterocycles. The highest BCUT2D eigenvalue weighted by Gasteiger charge is 2.32. The van der Waals surface area contributed by atoms with Gasteiger partial charge < -0.3 is 10.6 Å². The van der Waals surface area contributed by atoms with Gasteiger partial charge in [-0.2, -0.15) is 4.31 Å². The van der Waals surface area contributed by atoms with Gasteiger partial charge in [0.1, 0.15) is 0 Å². The summed E-state index contributed by atoms with van der Waals surface area (Å²) in [7, 11) is -3.63. The second-order valence-corrected chi connectivity index (χ2v) is 9.69. The maximum Gasteiger partial charge on any atom is 0.243 e. The number of carbonyl (C=O) groups excluding carboxylic acids is 2. The molecule has 7 nitrogen and oxygen atoms in total. The van der Waals surface area contributed by atoms with Crippen molar-refractivity contribution in [1.82, 2.24) is 9.62 Å². The lowest BCUT2D eigenvalue weighted by molar-refractivity contribution is -0.127. The van der Waals surface area contributed by atoms with E-state index < -0.39 is 10.0 Å². The van der Waals surface area contributed by atoms with Gasteiger partial charge in [0.15, 0.2) is 0 Å². The molecule has 0 bridgehead atoms. The van der Waals surface area contributed by atoms with E-state index in [1.807, 2.05) is 0 Å². The molecule has 1 heterocycles. The first kappa shape index (κ1) is 20.8. The number of hydrogen-bond acceptors (Lipinski definition) is 4. The van der Waals surface area contributed by atoms with Gasteiger partial charge >= 0.3 is 0 Å². The average Bonchev–Trinajstić information content (AvgIpc) is 2.69. The molecule has 1 atom stereocenters. The van der Waals surface area contributed by atoms with E-state index in [4.69, 9.17) is 0 Å². The van der Waals surface area contributed by atoms with Gasteiger partial charge in [0, 0.05) is 37.7 Å². The third kappa shape index (κ3) is 5.11. The molecule has 8 heteroatoms. The minimum absolute atomic E-state index is 0.0713. The molecule has 1 aromatic rings. The van der Waals surface area contributed by atoms with Crippen LogP contribution in [0.4, 0.5) is 5.69 Å². The van der Waals surface area contributed by atoms with Crippen molar-refractivity contribution in [2.45, 2.75) is 62.8 Å². The smallest absolute Gasteiger partial charge is 0.243 e. The molecule has 2 N–H and O–H groups in total. The fourth-order valence-corrected chi connectivity index (χ4v) is 5.55. The molecule has 3 rings (SSSR count). The zero-order valence-corrected chi connectivity index (χ0v) is 17.1. The number of nitrogens with zero attached hydrogens (tertiary/aromatic N) is 1. The summed E-state index contributed by atoms with van der Waals surface area (Å²) in [4.78, 5) is 23.8. The third-order valence-corrected chi connectivity index (χ3v) is 7.40. The molecule has 1 saturated carbocycles. The highest BCUT2D eigenvalue weighted by molar-refractivity contribution is 7.89. The fraction of sp³-hybridized carbons (Fsp3) is 0.600. The topological polar surface area (TPSA) is 95.6 Å². The predicted octanol–water partition coefficient (Wildman–Crippen LogP) is 2.49. The van der Waals surface area contributed by atoms with Gasteiger partial charge in [0.05, 0.1) is 4.90 Å². The van der Waals surface area contributed by atoms with E-state index >= 15 is 0 Å². The molecule has 1 aliphatic carbocycles. The molecule has 1 aromatic carbocycles.